The number of benzene rings is 2. The molecule has 1 unspecified atom stereocenters. The molecule has 1 atom stereocenters. The maximum atomic E-state index is 13.2. The van der Waals surface area contributed by atoms with Crippen molar-refractivity contribution >= 4 is 23.5 Å². The average Bonchev–Trinajstić information content (AvgIpc) is 2.93. The molecule has 0 aliphatic carbocycles. The molecule has 0 saturated carbocycles. The van der Waals surface area contributed by atoms with Crippen molar-refractivity contribution in [1.82, 2.24) is 10.2 Å². The molecule has 0 aromatic heterocycles. The van der Waals surface area contributed by atoms with E-state index < -0.39 is 35.0 Å². The first-order chi connectivity index (χ1) is 13.4. The number of carbonyl (C=O) groups is 3. The van der Waals surface area contributed by atoms with Crippen LogP contribution in [0.4, 0.5) is 19.3 Å². The second-order valence-corrected chi connectivity index (χ2v) is 6.46. The predicted octanol–water partition coefficient (Wildman–Crippen LogP) is 3.15. The highest BCUT2D eigenvalue weighted by atomic mass is 19.1. The molecule has 8 heteroatoms. The first-order valence-electron chi connectivity index (χ1n) is 8.81. The Morgan fingerprint density at radius 1 is 1.04 bits per heavy atom. The second kappa shape index (κ2) is 7.75. The number of anilines is 1. The Hall–Kier alpha value is -3.29. The van der Waals surface area contributed by atoms with E-state index in [-0.39, 0.29) is 19.4 Å². The van der Waals surface area contributed by atoms with E-state index in [0.29, 0.717) is 11.3 Å². The number of hydrogen-bond donors (Lipinski definition) is 2. The van der Waals surface area contributed by atoms with Crippen molar-refractivity contribution < 1.29 is 23.2 Å². The number of rotatable bonds is 6. The van der Waals surface area contributed by atoms with Gasteiger partial charge in [0.05, 0.1) is 0 Å². The minimum atomic E-state index is -1.28. The molecule has 1 aliphatic heterocycles. The number of carbonyl (C=O) groups excluding carboxylic acids is 3. The van der Waals surface area contributed by atoms with Gasteiger partial charge < -0.3 is 10.6 Å². The van der Waals surface area contributed by atoms with Crippen molar-refractivity contribution in [1.29, 1.82) is 0 Å². The molecule has 2 N–H and O–H groups in total. The van der Waals surface area contributed by atoms with Crippen molar-refractivity contribution in [2.24, 2.45) is 0 Å². The molecule has 6 nitrogen and oxygen atoms in total. The summed E-state index contributed by atoms with van der Waals surface area (Å²) in [6.45, 7) is 1.63. The maximum absolute atomic E-state index is 13.2. The van der Waals surface area contributed by atoms with Gasteiger partial charge in [-0.2, -0.15) is 0 Å². The zero-order valence-electron chi connectivity index (χ0n) is 15.2. The zero-order valence-corrected chi connectivity index (χ0v) is 15.2. The fourth-order valence-electron chi connectivity index (χ4n) is 3.17. The summed E-state index contributed by atoms with van der Waals surface area (Å²) in [5.74, 6) is -1.76. The lowest BCUT2D eigenvalue weighted by molar-refractivity contribution is -0.132. The van der Waals surface area contributed by atoms with Gasteiger partial charge in [0, 0.05) is 18.7 Å². The number of hydrogen-bond acceptors (Lipinski definition) is 3. The van der Waals surface area contributed by atoms with Crippen molar-refractivity contribution in [3.8, 4) is 0 Å². The van der Waals surface area contributed by atoms with Crippen LogP contribution in [0.15, 0.2) is 48.5 Å². The van der Waals surface area contributed by atoms with E-state index in [1.165, 1.54) is 48.5 Å². The van der Waals surface area contributed by atoms with Crippen LogP contribution in [0.1, 0.15) is 25.3 Å². The summed E-state index contributed by atoms with van der Waals surface area (Å²) in [6, 6.07) is 10.0. The fraction of sp³-hybridized carbons (Fsp3) is 0.250. The van der Waals surface area contributed by atoms with E-state index in [1.54, 1.807) is 6.92 Å². The Morgan fingerprint density at radius 3 is 2.18 bits per heavy atom. The number of urea groups is 1. The summed E-state index contributed by atoms with van der Waals surface area (Å²) in [5, 5.41) is 5.25. The molecule has 1 aliphatic rings. The third-order valence-corrected chi connectivity index (χ3v) is 4.73. The Kier molecular flexibility index (Phi) is 5.39. The lowest BCUT2D eigenvalue weighted by Gasteiger charge is -2.25. The SMILES string of the molecule is CCC1(c2ccc(F)cc2)NC(=O)N(CCC(=O)Nc2ccc(F)cc2)C1=O. The van der Waals surface area contributed by atoms with Crippen LogP contribution in [0.3, 0.4) is 0 Å². The number of imide groups is 1. The number of halogens is 2. The molecule has 28 heavy (non-hydrogen) atoms. The smallest absolute Gasteiger partial charge is 0.325 e. The molecule has 4 amide bonds. The first-order valence-corrected chi connectivity index (χ1v) is 8.81. The molecule has 146 valence electrons. The predicted molar refractivity (Wildman–Crippen MR) is 98.3 cm³/mol. The van der Waals surface area contributed by atoms with E-state index in [1.807, 2.05) is 0 Å². The molecule has 0 spiro atoms. The van der Waals surface area contributed by atoms with Crippen molar-refractivity contribution in [2.75, 3.05) is 11.9 Å². The minimum Gasteiger partial charge on any atom is -0.326 e. The third-order valence-electron chi connectivity index (χ3n) is 4.73. The van der Waals surface area contributed by atoms with E-state index in [9.17, 15) is 23.2 Å². The molecule has 2 aromatic rings. The molecule has 0 bridgehead atoms. The second-order valence-electron chi connectivity index (χ2n) is 6.46. The molecular formula is C20H19F2N3O3. The van der Waals surface area contributed by atoms with Crippen molar-refractivity contribution in [3.63, 3.8) is 0 Å². The van der Waals surface area contributed by atoms with Crippen LogP contribution in [0.25, 0.3) is 0 Å². The van der Waals surface area contributed by atoms with E-state index in [4.69, 9.17) is 0 Å². The molecule has 3 rings (SSSR count). The minimum absolute atomic E-state index is 0.110. The van der Waals surface area contributed by atoms with Crippen LogP contribution in [-0.2, 0) is 15.1 Å². The molecule has 1 heterocycles. The standard InChI is InChI=1S/C20H19F2N3O3/c1-2-20(13-3-5-14(21)6-4-13)18(27)25(19(28)24-20)12-11-17(26)23-16-9-7-15(22)8-10-16/h3-10H,2,11-12H2,1H3,(H,23,26)(H,24,28). The van der Waals surface area contributed by atoms with Crippen LogP contribution in [0.2, 0.25) is 0 Å². The molecule has 0 radical (unpaired) electrons. The number of nitrogens with zero attached hydrogens (tertiary/aromatic N) is 1. The summed E-state index contributed by atoms with van der Waals surface area (Å²) >= 11 is 0. The number of nitrogens with one attached hydrogen (secondary N) is 2. The zero-order chi connectivity index (χ0) is 20.3. The Bertz CT molecular complexity index is 900. The largest absolute Gasteiger partial charge is 0.326 e. The van der Waals surface area contributed by atoms with Gasteiger partial charge in [-0.1, -0.05) is 19.1 Å². The van der Waals surface area contributed by atoms with Crippen molar-refractivity contribution in [3.05, 3.63) is 65.7 Å². The van der Waals surface area contributed by atoms with Gasteiger partial charge in [-0.05, 0) is 48.4 Å². The Morgan fingerprint density at radius 2 is 1.61 bits per heavy atom. The molecule has 1 fully saturated rings. The van der Waals surface area contributed by atoms with Gasteiger partial charge in [-0.3, -0.25) is 14.5 Å². The molecular weight excluding hydrogens is 368 g/mol. The summed E-state index contributed by atoms with van der Waals surface area (Å²) in [6.07, 6.45) is 0.168. The lowest BCUT2D eigenvalue weighted by Crippen LogP contribution is -2.43. The van der Waals surface area contributed by atoms with Crippen LogP contribution in [0.5, 0.6) is 0 Å². The maximum Gasteiger partial charge on any atom is 0.325 e. The third kappa shape index (κ3) is 3.71. The normalized spacial score (nSPS) is 18.9. The van der Waals surface area contributed by atoms with Crippen LogP contribution in [0, 0.1) is 11.6 Å². The van der Waals surface area contributed by atoms with Crippen LogP contribution in [-0.4, -0.2) is 29.3 Å². The lowest BCUT2D eigenvalue weighted by atomic mass is 9.87. The van der Waals surface area contributed by atoms with Gasteiger partial charge in [-0.25, -0.2) is 13.6 Å². The molecule has 2 aromatic carbocycles. The quantitative estimate of drug-likeness (QED) is 0.748. The van der Waals surface area contributed by atoms with Crippen LogP contribution < -0.4 is 10.6 Å². The molecule has 1 saturated heterocycles. The number of amides is 4. The summed E-state index contributed by atoms with van der Waals surface area (Å²) in [4.78, 5) is 38.4. The van der Waals surface area contributed by atoms with E-state index in [0.717, 1.165) is 4.90 Å². The monoisotopic (exact) mass is 387 g/mol. The van der Waals surface area contributed by atoms with Gasteiger partial charge in [0.1, 0.15) is 17.2 Å². The van der Waals surface area contributed by atoms with E-state index >= 15 is 0 Å². The highest BCUT2D eigenvalue weighted by molar-refractivity contribution is 6.07. The van der Waals surface area contributed by atoms with Crippen molar-refractivity contribution in [2.45, 2.75) is 25.3 Å². The summed E-state index contributed by atoms with van der Waals surface area (Å²) in [7, 11) is 0. The highest BCUT2D eigenvalue weighted by Gasteiger charge is 2.51. The van der Waals surface area contributed by atoms with Crippen LogP contribution >= 0.6 is 0 Å². The van der Waals surface area contributed by atoms with Gasteiger partial charge in [0.25, 0.3) is 5.91 Å². The van der Waals surface area contributed by atoms with Gasteiger partial charge in [0.2, 0.25) is 5.91 Å². The topological polar surface area (TPSA) is 78.5 Å². The first kappa shape index (κ1) is 19.5. The summed E-state index contributed by atoms with van der Waals surface area (Å²) < 4.78 is 26.1. The Labute approximate surface area is 160 Å². The van der Waals surface area contributed by atoms with Gasteiger partial charge >= 0.3 is 6.03 Å². The van der Waals surface area contributed by atoms with Gasteiger partial charge in [0.15, 0.2) is 0 Å². The van der Waals surface area contributed by atoms with E-state index in [2.05, 4.69) is 10.6 Å². The summed E-state index contributed by atoms with van der Waals surface area (Å²) in [5.41, 5.74) is -0.385. The fourth-order valence-corrected chi connectivity index (χ4v) is 3.17. The highest BCUT2D eigenvalue weighted by Crippen LogP contribution is 2.32. The average molecular weight is 387 g/mol. The Balaban J connectivity index is 1.68. The van der Waals surface area contributed by atoms with Gasteiger partial charge in [-0.15, -0.1) is 0 Å².